The Kier molecular flexibility index (Phi) is 4.50. The largest absolute Gasteiger partial charge is 0.430 e. The van der Waals surface area contributed by atoms with Gasteiger partial charge < -0.3 is 14.5 Å². The molecule has 6 heteroatoms. The van der Waals surface area contributed by atoms with E-state index in [4.69, 9.17) is 14.5 Å². The number of hydrogen-bond acceptors (Lipinski definition) is 5. The van der Waals surface area contributed by atoms with E-state index in [0.717, 1.165) is 0 Å². The SMILES string of the molecule is C=C(C)C(=O)OC(C)(C)OP(O)O. The standard InChI is InChI=1S/C7H13O5P/c1-5(2)6(8)11-7(3,4)12-13(9)10/h9-10H,1H2,2-4H3. The fourth-order valence-electron chi connectivity index (χ4n) is 0.526. The molecule has 0 atom stereocenters. The summed E-state index contributed by atoms with van der Waals surface area (Å²) in [5, 5.41) is 0. The number of rotatable bonds is 4. The van der Waals surface area contributed by atoms with Gasteiger partial charge in [-0.1, -0.05) is 6.58 Å². The highest BCUT2D eigenvalue weighted by atomic mass is 31.2. The lowest BCUT2D eigenvalue weighted by Gasteiger charge is -2.24. The lowest BCUT2D eigenvalue weighted by molar-refractivity contribution is -0.182. The van der Waals surface area contributed by atoms with Crippen molar-refractivity contribution in [2.45, 2.75) is 26.6 Å². The molecule has 0 rings (SSSR count). The molecule has 0 aromatic carbocycles. The Balaban J connectivity index is 4.16. The molecule has 13 heavy (non-hydrogen) atoms. The summed E-state index contributed by atoms with van der Waals surface area (Å²) in [6, 6.07) is 0. The first-order valence-corrected chi connectivity index (χ1v) is 4.67. The van der Waals surface area contributed by atoms with Crippen LogP contribution in [0.1, 0.15) is 20.8 Å². The molecule has 0 fully saturated rings. The topological polar surface area (TPSA) is 76.0 Å². The Morgan fingerprint density at radius 3 is 2.23 bits per heavy atom. The first-order chi connectivity index (χ1) is 5.74. The van der Waals surface area contributed by atoms with Crippen molar-refractivity contribution < 1.29 is 23.8 Å². The van der Waals surface area contributed by atoms with Crippen molar-refractivity contribution in [1.82, 2.24) is 0 Å². The predicted molar refractivity (Wildman–Crippen MR) is 47.4 cm³/mol. The molecule has 0 heterocycles. The lowest BCUT2D eigenvalue weighted by atomic mass is 10.3. The van der Waals surface area contributed by atoms with Gasteiger partial charge in [0.15, 0.2) is 0 Å². The monoisotopic (exact) mass is 208 g/mol. The Labute approximate surface area is 78.0 Å². The van der Waals surface area contributed by atoms with Crippen molar-refractivity contribution in [1.29, 1.82) is 0 Å². The summed E-state index contributed by atoms with van der Waals surface area (Å²) in [4.78, 5) is 28.0. The van der Waals surface area contributed by atoms with Crippen LogP contribution in [0.3, 0.4) is 0 Å². The fourth-order valence-corrected chi connectivity index (χ4v) is 0.956. The number of ether oxygens (including phenoxy) is 1. The maximum Gasteiger partial charge on any atom is 0.335 e. The zero-order chi connectivity index (χ0) is 10.6. The third kappa shape index (κ3) is 5.71. The molecule has 0 radical (unpaired) electrons. The Bertz CT molecular complexity index is 211. The third-order valence-electron chi connectivity index (χ3n) is 0.988. The maximum atomic E-state index is 11.0. The van der Waals surface area contributed by atoms with Crippen molar-refractivity contribution in [3.05, 3.63) is 12.2 Å². The minimum Gasteiger partial charge on any atom is -0.430 e. The summed E-state index contributed by atoms with van der Waals surface area (Å²) >= 11 is 0. The van der Waals surface area contributed by atoms with Crippen LogP contribution < -0.4 is 0 Å². The van der Waals surface area contributed by atoms with Crippen LogP contribution in [0.5, 0.6) is 0 Å². The van der Waals surface area contributed by atoms with Crippen molar-refractivity contribution >= 4 is 14.6 Å². The molecule has 0 bridgehead atoms. The zero-order valence-corrected chi connectivity index (χ0v) is 8.67. The molecule has 76 valence electrons. The molecule has 0 aromatic heterocycles. The fraction of sp³-hybridized carbons (Fsp3) is 0.571. The highest BCUT2D eigenvalue weighted by molar-refractivity contribution is 7.39. The van der Waals surface area contributed by atoms with Crippen LogP contribution in [0.25, 0.3) is 0 Å². The Morgan fingerprint density at radius 1 is 1.46 bits per heavy atom. The van der Waals surface area contributed by atoms with Crippen LogP contribution in [0, 0.1) is 0 Å². The minimum absolute atomic E-state index is 0.219. The third-order valence-corrected chi connectivity index (χ3v) is 1.59. The molecule has 0 saturated heterocycles. The summed E-state index contributed by atoms with van der Waals surface area (Å²) in [6.45, 7) is 7.65. The van der Waals surface area contributed by atoms with E-state index >= 15 is 0 Å². The van der Waals surface area contributed by atoms with E-state index in [9.17, 15) is 4.79 Å². The lowest BCUT2D eigenvalue weighted by Crippen LogP contribution is -2.29. The van der Waals surface area contributed by atoms with Crippen molar-refractivity contribution in [3.63, 3.8) is 0 Å². The van der Waals surface area contributed by atoms with Gasteiger partial charge in [0.1, 0.15) is 0 Å². The molecule has 2 N–H and O–H groups in total. The van der Waals surface area contributed by atoms with Gasteiger partial charge in [0.25, 0.3) is 0 Å². The summed E-state index contributed by atoms with van der Waals surface area (Å²) in [5.74, 6) is -1.99. The zero-order valence-electron chi connectivity index (χ0n) is 7.77. The van der Waals surface area contributed by atoms with Crippen LogP contribution in [0.4, 0.5) is 0 Å². The van der Waals surface area contributed by atoms with E-state index in [0.29, 0.717) is 0 Å². The molecule has 0 aliphatic carbocycles. The average molecular weight is 208 g/mol. The van der Waals surface area contributed by atoms with Crippen molar-refractivity contribution in [2.75, 3.05) is 0 Å². The molecular weight excluding hydrogens is 195 g/mol. The highest BCUT2D eigenvalue weighted by Crippen LogP contribution is 2.33. The van der Waals surface area contributed by atoms with E-state index in [1.807, 2.05) is 0 Å². The van der Waals surface area contributed by atoms with Gasteiger partial charge in [0.2, 0.25) is 5.79 Å². The van der Waals surface area contributed by atoms with Gasteiger partial charge in [-0.3, -0.25) is 4.52 Å². The molecule has 0 amide bonds. The van der Waals surface area contributed by atoms with Crippen molar-refractivity contribution in [2.24, 2.45) is 0 Å². The minimum atomic E-state index is -2.55. The second-order valence-electron chi connectivity index (χ2n) is 2.91. The molecular formula is C7H13O5P. The summed E-state index contributed by atoms with van der Waals surface area (Å²) in [7, 11) is -2.55. The van der Waals surface area contributed by atoms with E-state index in [-0.39, 0.29) is 5.57 Å². The smallest absolute Gasteiger partial charge is 0.335 e. The van der Waals surface area contributed by atoms with Crippen LogP contribution in [0.15, 0.2) is 12.2 Å². The molecule has 0 aromatic rings. The Hall–Kier alpha value is -0.480. The number of carbonyl (C=O) groups excluding carboxylic acids is 1. The van der Waals surface area contributed by atoms with Gasteiger partial charge in [0, 0.05) is 19.4 Å². The van der Waals surface area contributed by atoms with E-state index < -0.39 is 20.4 Å². The van der Waals surface area contributed by atoms with Gasteiger partial charge in [-0.2, -0.15) is 0 Å². The number of carbonyl (C=O) groups is 1. The Morgan fingerprint density at radius 2 is 1.92 bits per heavy atom. The average Bonchev–Trinajstić information content (AvgIpc) is 1.81. The second kappa shape index (κ2) is 4.67. The second-order valence-corrected chi connectivity index (χ2v) is 3.60. The number of hydrogen-bond donors (Lipinski definition) is 2. The van der Waals surface area contributed by atoms with E-state index in [1.165, 1.54) is 20.8 Å². The highest BCUT2D eigenvalue weighted by Gasteiger charge is 2.27. The molecule has 0 aliphatic heterocycles. The normalized spacial score (nSPS) is 11.5. The first kappa shape index (κ1) is 12.5. The molecule has 0 unspecified atom stereocenters. The van der Waals surface area contributed by atoms with Crippen LogP contribution in [0.2, 0.25) is 0 Å². The van der Waals surface area contributed by atoms with Gasteiger partial charge in [-0.15, -0.1) is 0 Å². The van der Waals surface area contributed by atoms with Crippen LogP contribution >= 0.6 is 8.60 Å². The summed E-state index contributed by atoms with van der Waals surface area (Å²) < 4.78 is 9.30. The molecule has 0 aliphatic rings. The van der Waals surface area contributed by atoms with Gasteiger partial charge >= 0.3 is 14.6 Å². The first-order valence-electron chi connectivity index (χ1n) is 3.50. The molecule has 5 nitrogen and oxygen atoms in total. The molecule has 0 spiro atoms. The molecule has 0 saturated carbocycles. The van der Waals surface area contributed by atoms with E-state index in [1.54, 1.807) is 0 Å². The quantitative estimate of drug-likeness (QED) is 0.313. The van der Waals surface area contributed by atoms with E-state index in [2.05, 4.69) is 11.1 Å². The maximum absolute atomic E-state index is 11.0. The van der Waals surface area contributed by atoms with Gasteiger partial charge in [-0.05, 0) is 6.92 Å². The van der Waals surface area contributed by atoms with Crippen LogP contribution in [-0.2, 0) is 14.1 Å². The van der Waals surface area contributed by atoms with Crippen LogP contribution in [-0.4, -0.2) is 21.5 Å². The number of esters is 1. The summed E-state index contributed by atoms with van der Waals surface area (Å²) in [5.41, 5.74) is 0.219. The van der Waals surface area contributed by atoms with Gasteiger partial charge in [-0.25, -0.2) is 4.79 Å². The van der Waals surface area contributed by atoms with Gasteiger partial charge in [0.05, 0.1) is 0 Å². The predicted octanol–water partition coefficient (Wildman–Crippen LogP) is 1.07. The summed E-state index contributed by atoms with van der Waals surface area (Å²) in [6.07, 6.45) is 0. The van der Waals surface area contributed by atoms with Crippen molar-refractivity contribution in [3.8, 4) is 0 Å².